The predicted molar refractivity (Wildman–Crippen MR) is 121 cm³/mol. The Kier molecular flexibility index (Phi) is 6.07. The fourth-order valence-electron chi connectivity index (χ4n) is 3.14. The first-order valence-corrected chi connectivity index (χ1v) is 10.3. The quantitative estimate of drug-likeness (QED) is 0.532. The van der Waals surface area contributed by atoms with E-state index >= 15 is 0 Å². The van der Waals surface area contributed by atoms with Crippen LogP contribution in [0.1, 0.15) is 75.2 Å². The molecule has 0 radical (unpaired) electrons. The van der Waals surface area contributed by atoms with Crippen molar-refractivity contribution in [2.45, 2.75) is 58.9 Å². The largest absolute Gasteiger partial charge is 0.383 e. The number of hydrogen-bond acceptors (Lipinski definition) is 7. The minimum atomic E-state index is -0.676. The summed E-state index contributed by atoms with van der Waals surface area (Å²) in [5.74, 6) is -0.192. The van der Waals surface area contributed by atoms with Crippen molar-refractivity contribution in [1.29, 1.82) is 0 Å². The molecule has 32 heavy (non-hydrogen) atoms. The molecule has 0 saturated carbocycles. The van der Waals surface area contributed by atoms with Crippen LogP contribution < -0.4 is 16.8 Å². The topological polar surface area (TPSA) is 155 Å². The summed E-state index contributed by atoms with van der Waals surface area (Å²) in [6, 6.07) is 5.10. The van der Waals surface area contributed by atoms with Gasteiger partial charge < -0.3 is 21.3 Å². The Morgan fingerprint density at radius 1 is 1.19 bits per heavy atom. The molecule has 1 atom stereocenters. The van der Waals surface area contributed by atoms with Gasteiger partial charge in [0.1, 0.15) is 22.8 Å². The third-order valence-corrected chi connectivity index (χ3v) is 5.11. The van der Waals surface area contributed by atoms with Crippen LogP contribution in [-0.4, -0.2) is 31.7 Å². The maximum atomic E-state index is 12.7. The van der Waals surface area contributed by atoms with Gasteiger partial charge in [-0.2, -0.15) is 5.10 Å². The molecule has 0 aliphatic heterocycles. The molecule has 170 valence electrons. The fraction of sp³-hybridized carbons (Fsp3) is 0.409. The lowest BCUT2D eigenvalue weighted by Gasteiger charge is -2.12. The number of primary amides is 1. The first-order chi connectivity index (χ1) is 14.9. The van der Waals surface area contributed by atoms with Crippen LogP contribution in [-0.2, 0) is 10.2 Å². The second kappa shape index (κ2) is 8.45. The molecule has 0 saturated heterocycles. The molecule has 2 amide bonds. The zero-order chi connectivity index (χ0) is 23.8. The summed E-state index contributed by atoms with van der Waals surface area (Å²) in [5.41, 5.74) is 12.9. The molecular weight excluding hydrogens is 410 g/mol. The molecule has 3 heterocycles. The van der Waals surface area contributed by atoms with Gasteiger partial charge in [-0.3, -0.25) is 14.6 Å². The van der Waals surface area contributed by atoms with Crippen molar-refractivity contribution in [1.82, 2.24) is 19.9 Å². The monoisotopic (exact) mass is 439 g/mol. The number of pyridine rings is 1. The molecule has 1 unspecified atom stereocenters. The minimum absolute atomic E-state index is 0.0554. The van der Waals surface area contributed by atoms with Gasteiger partial charge in [-0.05, 0) is 32.4 Å². The number of nitrogen functional groups attached to an aromatic ring is 1. The third-order valence-electron chi connectivity index (χ3n) is 5.11. The number of hydrogen-bond donors (Lipinski definition) is 3. The van der Waals surface area contributed by atoms with Crippen LogP contribution in [0, 0.1) is 0 Å². The molecule has 3 aromatic rings. The van der Waals surface area contributed by atoms with E-state index in [-0.39, 0.29) is 28.7 Å². The van der Waals surface area contributed by atoms with Crippen LogP contribution in [0.5, 0.6) is 0 Å². The van der Waals surface area contributed by atoms with Crippen molar-refractivity contribution in [3.8, 4) is 11.4 Å². The lowest BCUT2D eigenvalue weighted by Crippen LogP contribution is -2.19. The highest BCUT2D eigenvalue weighted by molar-refractivity contribution is 6.03. The summed E-state index contributed by atoms with van der Waals surface area (Å²) < 4.78 is 6.84. The van der Waals surface area contributed by atoms with E-state index < -0.39 is 11.8 Å². The average Bonchev–Trinajstić information content (AvgIpc) is 3.32. The van der Waals surface area contributed by atoms with E-state index in [1.807, 2.05) is 34.6 Å². The lowest BCUT2D eigenvalue weighted by molar-refractivity contribution is -0.117. The van der Waals surface area contributed by atoms with Crippen molar-refractivity contribution in [2.75, 3.05) is 11.1 Å². The molecule has 3 rings (SSSR count). The van der Waals surface area contributed by atoms with E-state index in [2.05, 4.69) is 20.6 Å². The van der Waals surface area contributed by atoms with E-state index in [4.69, 9.17) is 16.0 Å². The van der Waals surface area contributed by atoms with Gasteiger partial charge >= 0.3 is 0 Å². The molecule has 0 spiro atoms. The maximum Gasteiger partial charge on any atom is 0.254 e. The van der Waals surface area contributed by atoms with Gasteiger partial charge in [0.05, 0.1) is 11.6 Å². The summed E-state index contributed by atoms with van der Waals surface area (Å²) in [6.07, 6.45) is 1.57. The lowest BCUT2D eigenvalue weighted by atomic mass is 9.93. The molecule has 0 fully saturated rings. The molecule has 10 heteroatoms. The van der Waals surface area contributed by atoms with Crippen LogP contribution in [0.4, 0.5) is 11.6 Å². The Morgan fingerprint density at radius 2 is 1.88 bits per heavy atom. The SMILES string of the molecule is CC(C(=O)Nc1cc(C(C)(C)C)on1)c1ccc(-c2nn(C(C)C)c(N)c2C(N)=O)nc1. The summed E-state index contributed by atoms with van der Waals surface area (Å²) in [4.78, 5) is 29.0. The molecule has 5 N–H and O–H groups in total. The molecule has 3 aromatic heterocycles. The molecular formula is C22H29N7O3. The predicted octanol–water partition coefficient (Wildman–Crippen LogP) is 3.23. The Balaban J connectivity index is 1.81. The van der Waals surface area contributed by atoms with E-state index in [0.717, 1.165) is 0 Å². The van der Waals surface area contributed by atoms with Gasteiger partial charge in [-0.25, -0.2) is 4.68 Å². The number of amides is 2. The number of nitrogens with zero attached hydrogens (tertiary/aromatic N) is 4. The number of nitrogens with one attached hydrogen (secondary N) is 1. The summed E-state index contributed by atoms with van der Waals surface area (Å²) in [5, 5.41) is 11.1. The standard InChI is InChI=1S/C22H29N7O3/c1-11(2)29-19(23)17(20(24)30)18(27-29)14-8-7-13(10-25-14)12(3)21(31)26-16-9-15(32-28-16)22(4,5)6/h7-12H,23H2,1-6H3,(H2,24,30)(H,26,28,31). The third kappa shape index (κ3) is 4.48. The Bertz CT molecular complexity index is 1140. The van der Waals surface area contributed by atoms with Crippen LogP contribution in [0.15, 0.2) is 28.9 Å². The summed E-state index contributed by atoms with van der Waals surface area (Å²) >= 11 is 0. The summed E-state index contributed by atoms with van der Waals surface area (Å²) in [7, 11) is 0. The van der Waals surface area contributed by atoms with Crippen molar-refractivity contribution in [3.05, 3.63) is 41.3 Å². The van der Waals surface area contributed by atoms with Gasteiger partial charge in [0, 0.05) is 23.7 Å². The molecule has 0 aliphatic rings. The zero-order valence-electron chi connectivity index (χ0n) is 19.1. The van der Waals surface area contributed by atoms with Crippen LogP contribution in [0.3, 0.4) is 0 Å². The van der Waals surface area contributed by atoms with Crippen LogP contribution in [0.25, 0.3) is 11.4 Å². The van der Waals surface area contributed by atoms with Gasteiger partial charge in [0.2, 0.25) is 5.91 Å². The normalized spacial score (nSPS) is 12.7. The second-order valence-electron chi connectivity index (χ2n) is 9.03. The molecule has 10 nitrogen and oxygen atoms in total. The smallest absolute Gasteiger partial charge is 0.254 e. The highest BCUT2D eigenvalue weighted by Crippen LogP contribution is 2.29. The van der Waals surface area contributed by atoms with Gasteiger partial charge in [-0.15, -0.1) is 0 Å². The number of carbonyl (C=O) groups is 2. The number of nitrogens with two attached hydrogens (primary N) is 2. The molecule has 0 aliphatic carbocycles. The van der Waals surface area contributed by atoms with E-state index in [1.54, 1.807) is 31.3 Å². The number of rotatable bonds is 6. The molecule has 0 bridgehead atoms. The minimum Gasteiger partial charge on any atom is -0.383 e. The van der Waals surface area contributed by atoms with Crippen molar-refractivity contribution < 1.29 is 14.1 Å². The van der Waals surface area contributed by atoms with Crippen LogP contribution >= 0.6 is 0 Å². The highest BCUT2D eigenvalue weighted by atomic mass is 16.5. The fourth-order valence-corrected chi connectivity index (χ4v) is 3.14. The number of anilines is 2. The second-order valence-corrected chi connectivity index (χ2v) is 9.03. The highest BCUT2D eigenvalue weighted by Gasteiger charge is 2.25. The number of carbonyl (C=O) groups excluding carboxylic acids is 2. The first-order valence-electron chi connectivity index (χ1n) is 10.3. The van der Waals surface area contributed by atoms with E-state index in [9.17, 15) is 9.59 Å². The van der Waals surface area contributed by atoms with Gasteiger partial charge in [0.15, 0.2) is 5.82 Å². The van der Waals surface area contributed by atoms with Crippen molar-refractivity contribution in [2.24, 2.45) is 5.73 Å². The van der Waals surface area contributed by atoms with Crippen molar-refractivity contribution >= 4 is 23.5 Å². The number of aromatic nitrogens is 4. The maximum absolute atomic E-state index is 12.7. The first kappa shape index (κ1) is 23.0. The van der Waals surface area contributed by atoms with Gasteiger partial charge in [-0.1, -0.05) is 32.0 Å². The molecule has 0 aromatic carbocycles. The van der Waals surface area contributed by atoms with Crippen LogP contribution in [0.2, 0.25) is 0 Å². The van der Waals surface area contributed by atoms with E-state index in [0.29, 0.717) is 28.5 Å². The Hall–Kier alpha value is -3.69. The average molecular weight is 440 g/mol. The van der Waals surface area contributed by atoms with Crippen molar-refractivity contribution in [3.63, 3.8) is 0 Å². The summed E-state index contributed by atoms with van der Waals surface area (Å²) in [6.45, 7) is 11.5. The van der Waals surface area contributed by atoms with Gasteiger partial charge in [0.25, 0.3) is 5.91 Å². The Labute approximate surface area is 186 Å². The van der Waals surface area contributed by atoms with E-state index in [1.165, 1.54) is 4.68 Å². The zero-order valence-corrected chi connectivity index (χ0v) is 19.1. The Morgan fingerprint density at radius 3 is 2.38 bits per heavy atom.